The van der Waals surface area contributed by atoms with Gasteiger partial charge in [-0.3, -0.25) is 4.79 Å². The average Bonchev–Trinajstić information content (AvgIpc) is 2.61. The Morgan fingerprint density at radius 3 is 2.80 bits per heavy atom. The van der Waals surface area contributed by atoms with Gasteiger partial charge in [0.1, 0.15) is 0 Å². The van der Waals surface area contributed by atoms with Crippen molar-refractivity contribution in [2.75, 3.05) is 20.1 Å². The number of likely N-dealkylation sites (N-methyl/N-ethyl adjacent to an activating group) is 1. The molecule has 4 heteroatoms. The van der Waals surface area contributed by atoms with Crippen molar-refractivity contribution in [2.45, 2.75) is 44.8 Å². The van der Waals surface area contributed by atoms with Gasteiger partial charge in [0, 0.05) is 13.6 Å². The third-order valence-electron chi connectivity index (χ3n) is 3.07. The number of rotatable bonds is 4. The summed E-state index contributed by atoms with van der Waals surface area (Å²) in [5.74, 6) is 0.139. The SMILES string of the molecule is CC(O)CCN(C)C(=O)C1(C)CCCN1. The van der Waals surface area contributed by atoms with Crippen LogP contribution in [0.25, 0.3) is 0 Å². The fourth-order valence-corrected chi connectivity index (χ4v) is 1.98. The monoisotopic (exact) mass is 214 g/mol. The zero-order valence-electron chi connectivity index (χ0n) is 9.92. The number of hydrogen-bond donors (Lipinski definition) is 2. The molecule has 1 aliphatic heterocycles. The minimum absolute atomic E-state index is 0.139. The Morgan fingerprint density at radius 1 is 1.67 bits per heavy atom. The Kier molecular flexibility index (Phi) is 4.11. The molecule has 0 radical (unpaired) electrons. The number of amides is 1. The van der Waals surface area contributed by atoms with Gasteiger partial charge in [-0.15, -0.1) is 0 Å². The molecular formula is C11H22N2O2. The van der Waals surface area contributed by atoms with Crippen LogP contribution in [0.15, 0.2) is 0 Å². The molecule has 0 aliphatic carbocycles. The first-order chi connectivity index (χ1) is 6.96. The summed E-state index contributed by atoms with van der Waals surface area (Å²) in [6.45, 7) is 5.25. The van der Waals surface area contributed by atoms with Crippen LogP contribution in [0.1, 0.15) is 33.1 Å². The normalized spacial score (nSPS) is 27.7. The van der Waals surface area contributed by atoms with E-state index in [2.05, 4.69) is 5.32 Å². The summed E-state index contributed by atoms with van der Waals surface area (Å²) >= 11 is 0. The van der Waals surface area contributed by atoms with E-state index in [0.717, 1.165) is 19.4 Å². The van der Waals surface area contributed by atoms with Crippen LogP contribution in [-0.2, 0) is 4.79 Å². The quantitative estimate of drug-likeness (QED) is 0.710. The standard InChI is InChI=1S/C11H22N2O2/c1-9(14)5-8-13(3)10(15)11(2)6-4-7-12-11/h9,12,14H,4-8H2,1-3H3. The van der Waals surface area contributed by atoms with Gasteiger partial charge in [-0.25, -0.2) is 0 Å². The summed E-state index contributed by atoms with van der Waals surface area (Å²) in [4.78, 5) is 13.8. The largest absolute Gasteiger partial charge is 0.393 e. The van der Waals surface area contributed by atoms with Crippen molar-refractivity contribution >= 4 is 5.91 Å². The zero-order chi connectivity index (χ0) is 11.5. The Balaban J connectivity index is 2.44. The Hall–Kier alpha value is -0.610. The van der Waals surface area contributed by atoms with E-state index in [1.165, 1.54) is 0 Å². The van der Waals surface area contributed by atoms with E-state index in [1.807, 2.05) is 6.92 Å². The number of carbonyl (C=O) groups is 1. The van der Waals surface area contributed by atoms with Crippen LogP contribution >= 0.6 is 0 Å². The number of nitrogens with one attached hydrogen (secondary N) is 1. The molecule has 0 aromatic rings. The maximum atomic E-state index is 12.1. The van der Waals surface area contributed by atoms with E-state index in [1.54, 1.807) is 18.9 Å². The molecule has 1 aliphatic rings. The van der Waals surface area contributed by atoms with Crippen molar-refractivity contribution in [3.05, 3.63) is 0 Å². The smallest absolute Gasteiger partial charge is 0.242 e. The molecule has 2 N–H and O–H groups in total. The summed E-state index contributed by atoms with van der Waals surface area (Å²) in [6, 6.07) is 0. The van der Waals surface area contributed by atoms with Crippen LogP contribution in [0.3, 0.4) is 0 Å². The molecule has 1 heterocycles. The molecule has 0 bridgehead atoms. The van der Waals surface area contributed by atoms with Crippen molar-refractivity contribution in [1.29, 1.82) is 0 Å². The molecule has 1 saturated heterocycles. The lowest BCUT2D eigenvalue weighted by atomic mass is 9.98. The van der Waals surface area contributed by atoms with Gasteiger partial charge in [0.05, 0.1) is 11.6 Å². The molecule has 4 nitrogen and oxygen atoms in total. The molecule has 1 rings (SSSR count). The van der Waals surface area contributed by atoms with E-state index in [0.29, 0.717) is 13.0 Å². The minimum atomic E-state index is -0.382. The lowest BCUT2D eigenvalue weighted by Crippen LogP contribution is -2.52. The van der Waals surface area contributed by atoms with Crippen molar-refractivity contribution in [3.63, 3.8) is 0 Å². The summed E-state index contributed by atoms with van der Waals surface area (Å²) < 4.78 is 0. The molecule has 2 atom stereocenters. The summed E-state index contributed by atoms with van der Waals surface area (Å²) in [5, 5.41) is 12.4. The van der Waals surface area contributed by atoms with Gasteiger partial charge in [-0.2, -0.15) is 0 Å². The summed E-state index contributed by atoms with van der Waals surface area (Å²) in [5.41, 5.74) is -0.382. The first-order valence-corrected chi connectivity index (χ1v) is 5.64. The molecule has 0 saturated carbocycles. The van der Waals surface area contributed by atoms with Gasteiger partial charge in [-0.1, -0.05) is 0 Å². The molecule has 2 unspecified atom stereocenters. The predicted octanol–water partition coefficient (Wildman–Crippen LogP) is 0.358. The predicted molar refractivity (Wildman–Crippen MR) is 59.6 cm³/mol. The third kappa shape index (κ3) is 3.18. The van der Waals surface area contributed by atoms with Crippen molar-refractivity contribution in [2.24, 2.45) is 0 Å². The number of aliphatic hydroxyl groups excluding tert-OH is 1. The van der Waals surface area contributed by atoms with Gasteiger partial charge in [0.25, 0.3) is 0 Å². The molecule has 88 valence electrons. The molecule has 0 spiro atoms. The van der Waals surface area contributed by atoms with Crippen LogP contribution < -0.4 is 5.32 Å². The van der Waals surface area contributed by atoms with E-state index in [-0.39, 0.29) is 17.6 Å². The average molecular weight is 214 g/mol. The molecule has 1 fully saturated rings. The van der Waals surface area contributed by atoms with Crippen molar-refractivity contribution < 1.29 is 9.90 Å². The van der Waals surface area contributed by atoms with Gasteiger partial charge in [0.15, 0.2) is 0 Å². The number of carbonyl (C=O) groups excluding carboxylic acids is 1. The zero-order valence-corrected chi connectivity index (χ0v) is 9.92. The van der Waals surface area contributed by atoms with Crippen LogP contribution in [0.4, 0.5) is 0 Å². The Labute approximate surface area is 91.6 Å². The second-order valence-corrected chi connectivity index (χ2v) is 4.73. The van der Waals surface area contributed by atoms with E-state index in [4.69, 9.17) is 5.11 Å². The Bertz CT molecular complexity index is 223. The topological polar surface area (TPSA) is 52.6 Å². The Morgan fingerprint density at radius 2 is 2.33 bits per heavy atom. The third-order valence-corrected chi connectivity index (χ3v) is 3.07. The lowest BCUT2D eigenvalue weighted by Gasteiger charge is -2.29. The number of nitrogens with zero attached hydrogens (tertiary/aromatic N) is 1. The highest BCUT2D eigenvalue weighted by molar-refractivity contribution is 5.86. The van der Waals surface area contributed by atoms with Crippen molar-refractivity contribution in [3.8, 4) is 0 Å². The highest BCUT2D eigenvalue weighted by Crippen LogP contribution is 2.20. The highest BCUT2D eigenvalue weighted by atomic mass is 16.3. The molecule has 15 heavy (non-hydrogen) atoms. The molecule has 0 aromatic heterocycles. The summed E-state index contributed by atoms with van der Waals surface area (Å²) in [7, 11) is 1.80. The van der Waals surface area contributed by atoms with Gasteiger partial charge < -0.3 is 15.3 Å². The van der Waals surface area contributed by atoms with E-state index < -0.39 is 0 Å². The van der Waals surface area contributed by atoms with Crippen LogP contribution in [-0.4, -0.2) is 47.7 Å². The number of aliphatic hydroxyl groups is 1. The van der Waals surface area contributed by atoms with Gasteiger partial charge >= 0.3 is 0 Å². The lowest BCUT2D eigenvalue weighted by molar-refractivity contribution is -0.136. The van der Waals surface area contributed by atoms with Crippen LogP contribution in [0.2, 0.25) is 0 Å². The molecular weight excluding hydrogens is 192 g/mol. The van der Waals surface area contributed by atoms with Gasteiger partial charge in [-0.05, 0) is 39.7 Å². The van der Waals surface area contributed by atoms with Crippen LogP contribution in [0.5, 0.6) is 0 Å². The van der Waals surface area contributed by atoms with E-state index >= 15 is 0 Å². The first-order valence-electron chi connectivity index (χ1n) is 5.64. The van der Waals surface area contributed by atoms with E-state index in [9.17, 15) is 4.79 Å². The second kappa shape index (κ2) is 4.94. The fourth-order valence-electron chi connectivity index (χ4n) is 1.98. The van der Waals surface area contributed by atoms with Crippen LogP contribution in [0, 0.1) is 0 Å². The molecule has 0 aromatic carbocycles. The molecule has 1 amide bonds. The maximum Gasteiger partial charge on any atom is 0.242 e. The fraction of sp³-hybridized carbons (Fsp3) is 0.909. The highest BCUT2D eigenvalue weighted by Gasteiger charge is 2.37. The first kappa shape index (κ1) is 12.5. The second-order valence-electron chi connectivity index (χ2n) is 4.73. The van der Waals surface area contributed by atoms with Crippen molar-refractivity contribution in [1.82, 2.24) is 10.2 Å². The minimum Gasteiger partial charge on any atom is -0.393 e. The number of hydrogen-bond acceptors (Lipinski definition) is 3. The maximum absolute atomic E-state index is 12.1. The summed E-state index contributed by atoms with van der Waals surface area (Å²) in [6.07, 6.45) is 2.26. The van der Waals surface area contributed by atoms with Gasteiger partial charge in [0.2, 0.25) is 5.91 Å².